The molecule has 3 rings (SSSR count). The second-order valence-electron chi connectivity index (χ2n) is 7.56. The van der Waals surface area contributed by atoms with Crippen molar-refractivity contribution in [3.8, 4) is 0 Å². The van der Waals surface area contributed by atoms with E-state index in [1.54, 1.807) is 6.07 Å². The molecule has 1 fully saturated rings. The van der Waals surface area contributed by atoms with E-state index in [0.717, 1.165) is 32.1 Å². The molecule has 156 valence electrons. The number of carbonyl (C=O) groups is 1. The first-order valence-electron chi connectivity index (χ1n) is 9.95. The SMILES string of the molecule is CN(CCNC(=O)NCC1CCN(c2ccc(F)c(F)c2)C1)Cc1ccccc1. The summed E-state index contributed by atoms with van der Waals surface area (Å²) in [7, 11) is 2.03. The first-order chi connectivity index (χ1) is 14.0. The van der Waals surface area contributed by atoms with Gasteiger partial charge in [-0.25, -0.2) is 13.6 Å². The zero-order valence-corrected chi connectivity index (χ0v) is 16.7. The lowest BCUT2D eigenvalue weighted by atomic mass is 10.1. The first-order valence-corrected chi connectivity index (χ1v) is 9.95. The number of hydrogen-bond donors (Lipinski definition) is 2. The second kappa shape index (κ2) is 10.2. The zero-order valence-electron chi connectivity index (χ0n) is 16.7. The normalized spacial score (nSPS) is 16.3. The number of urea groups is 1. The molecule has 0 bridgehead atoms. The summed E-state index contributed by atoms with van der Waals surface area (Å²) in [5.74, 6) is -1.38. The summed E-state index contributed by atoms with van der Waals surface area (Å²) in [5.41, 5.74) is 1.92. The molecule has 0 radical (unpaired) electrons. The van der Waals surface area contributed by atoms with Gasteiger partial charge in [-0.15, -0.1) is 0 Å². The summed E-state index contributed by atoms with van der Waals surface area (Å²) in [5, 5.41) is 5.79. The molecule has 5 nitrogen and oxygen atoms in total. The quantitative estimate of drug-likeness (QED) is 0.713. The van der Waals surface area contributed by atoms with E-state index in [-0.39, 0.29) is 11.9 Å². The Hall–Kier alpha value is -2.67. The molecule has 0 aliphatic carbocycles. The fraction of sp³-hybridized carbons (Fsp3) is 0.409. The summed E-state index contributed by atoms with van der Waals surface area (Å²) < 4.78 is 26.5. The van der Waals surface area contributed by atoms with E-state index in [9.17, 15) is 13.6 Å². The van der Waals surface area contributed by atoms with Crippen molar-refractivity contribution >= 4 is 11.7 Å². The largest absolute Gasteiger partial charge is 0.371 e. The molecule has 2 aromatic rings. The van der Waals surface area contributed by atoms with Crippen LogP contribution in [0.5, 0.6) is 0 Å². The summed E-state index contributed by atoms with van der Waals surface area (Å²) in [4.78, 5) is 16.2. The highest BCUT2D eigenvalue weighted by atomic mass is 19.2. The lowest BCUT2D eigenvalue weighted by Crippen LogP contribution is -2.41. The van der Waals surface area contributed by atoms with E-state index in [1.807, 2.05) is 30.1 Å². The molecule has 1 aliphatic rings. The highest BCUT2D eigenvalue weighted by molar-refractivity contribution is 5.73. The van der Waals surface area contributed by atoms with Gasteiger partial charge in [-0.1, -0.05) is 30.3 Å². The topological polar surface area (TPSA) is 47.6 Å². The lowest BCUT2D eigenvalue weighted by Gasteiger charge is -2.19. The van der Waals surface area contributed by atoms with Gasteiger partial charge in [0.2, 0.25) is 0 Å². The molecule has 2 aromatic carbocycles. The van der Waals surface area contributed by atoms with E-state index in [4.69, 9.17) is 0 Å². The fourth-order valence-electron chi connectivity index (χ4n) is 3.55. The van der Waals surface area contributed by atoms with E-state index in [2.05, 4.69) is 27.7 Å². The van der Waals surface area contributed by atoms with Crippen molar-refractivity contribution < 1.29 is 13.6 Å². The van der Waals surface area contributed by atoms with Crippen LogP contribution in [0.3, 0.4) is 0 Å². The average Bonchev–Trinajstić information content (AvgIpc) is 3.18. The maximum absolute atomic E-state index is 13.4. The van der Waals surface area contributed by atoms with Gasteiger partial charge in [0.15, 0.2) is 11.6 Å². The molecule has 0 aromatic heterocycles. The number of carbonyl (C=O) groups excluding carboxylic acids is 1. The van der Waals surface area contributed by atoms with Crippen molar-refractivity contribution in [1.29, 1.82) is 0 Å². The summed E-state index contributed by atoms with van der Waals surface area (Å²) in [6, 6.07) is 14.0. The Morgan fingerprint density at radius 2 is 1.93 bits per heavy atom. The van der Waals surface area contributed by atoms with Crippen LogP contribution in [0.15, 0.2) is 48.5 Å². The van der Waals surface area contributed by atoms with Crippen LogP contribution in [0.4, 0.5) is 19.3 Å². The maximum atomic E-state index is 13.4. The van der Waals surface area contributed by atoms with Crippen molar-refractivity contribution in [2.45, 2.75) is 13.0 Å². The van der Waals surface area contributed by atoms with Gasteiger partial charge in [-0.3, -0.25) is 0 Å². The number of halogens is 2. The van der Waals surface area contributed by atoms with Gasteiger partial charge < -0.3 is 20.4 Å². The van der Waals surface area contributed by atoms with Crippen molar-refractivity contribution in [3.05, 3.63) is 65.7 Å². The van der Waals surface area contributed by atoms with Gasteiger partial charge in [0.1, 0.15) is 0 Å². The standard InChI is InChI=1S/C22H28F2N4O/c1-27(15-17-5-3-2-4-6-17)12-10-25-22(29)26-14-18-9-11-28(16-18)19-7-8-20(23)21(24)13-19/h2-8,13,18H,9-12,14-16H2,1H3,(H2,25,26,29). The summed E-state index contributed by atoms with van der Waals surface area (Å²) in [6.07, 6.45) is 0.902. The Morgan fingerprint density at radius 3 is 2.69 bits per heavy atom. The molecule has 1 atom stereocenters. The number of hydrogen-bond acceptors (Lipinski definition) is 3. The van der Waals surface area contributed by atoms with Crippen LogP contribution in [-0.2, 0) is 6.54 Å². The number of rotatable bonds is 8. The molecule has 29 heavy (non-hydrogen) atoms. The average molecular weight is 402 g/mol. The van der Waals surface area contributed by atoms with Crippen LogP contribution in [0, 0.1) is 17.6 Å². The molecule has 2 amide bonds. The fourth-order valence-corrected chi connectivity index (χ4v) is 3.55. The van der Waals surface area contributed by atoms with E-state index in [1.165, 1.54) is 11.6 Å². The van der Waals surface area contributed by atoms with Crippen molar-refractivity contribution in [3.63, 3.8) is 0 Å². The Kier molecular flexibility index (Phi) is 7.41. The molecule has 7 heteroatoms. The molecular weight excluding hydrogens is 374 g/mol. The second-order valence-corrected chi connectivity index (χ2v) is 7.56. The summed E-state index contributed by atoms with van der Waals surface area (Å²) in [6.45, 7) is 4.21. The third-order valence-electron chi connectivity index (χ3n) is 5.18. The molecule has 1 unspecified atom stereocenters. The molecule has 1 heterocycles. The first kappa shape index (κ1) is 21.0. The highest BCUT2D eigenvalue weighted by Crippen LogP contribution is 2.24. The maximum Gasteiger partial charge on any atom is 0.314 e. The van der Waals surface area contributed by atoms with E-state index in [0.29, 0.717) is 25.3 Å². The Labute approximate surface area is 170 Å². The minimum atomic E-state index is -0.836. The number of amides is 2. The monoisotopic (exact) mass is 402 g/mol. The van der Waals surface area contributed by atoms with Crippen molar-refractivity contribution in [2.75, 3.05) is 44.7 Å². The van der Waals surface area contributed by atoms with Gasteiger partial charge in [-0.2, -0.15) is 0 Å². The molecule has 0 spiro atoms. The molecule has 0 saturated carbocycles. The zero-order chi connectivity index (χ0) is 20.6. The minimum Gasteiger partial charge on any atom is -0.371 e. The number of nitrogens with one attached hydrogen (secondary N) is 2. The van der Waals surface area contributed by atoms with Gasteiger partial charge in [0.25, 0.3) is 0 Å². The highest BCUT2D eigenvalue weighted by Gasteiger charge is 2.23. The minimum absolute atomic E-state index is 0.176. The smallest absolute Gasteiger partial charge is 0.314 e. The van der Waals surface area contributed by atoms with Crippen LogP contribution in [0.1, 0.15) is 12.0 Å². The molecular formula is C22H28F2N4O. The van der Waals surface area contributed by atoms with Gasteiger partial charge >= 0.3 is 6.03 Å². The van der Waals surface area contributed by atoms with Gasteiger partial charge in [0.05, 0.1) is 0 Å². The third kappa shape index (κ3) is 6.42. The molecule has 2 N–H and O–H groups in total. The van der Waals surface area contributed by atoms with Crippen molar-refractivity contribution in [2.24, 2.45) is 5.92 Å². The van der Waals surface area contributed by atoms with Crippen LogP contribution in [-0.4, -0.2) is 50.7 Å². The van der Waals surface area contributed by atoms with Crippen LogP contribution < -0.4 is 15.5 Å². The van der Waals surface area contributed by atoms with Crippen LogP contribution >= 0.6 is 0 Å². The predicted molar refractivity (Wildman–Crippen MR) is 111 cm³/mol. The number of benzene rings is 2. The molecule has 1 saturated heterocycles. The third-order valence-corrected chi connectivity index (χ3v) is 5.18. The Morgan fingerprint density at radius 1 is 1.14 bits per heavy atom. The predicted octanol–water partition coefficient (Wildman–Crippen LogP) is 3.22. The van der Waals surface area contributed by atoms with E-state index < -0.39 is 11.6 Å². The van der Waals surface area contributed by atoms with Gasteiger partial charge in [-0.05, 0) is 37.1 Å². The van der Waals surface area contributed by atoms with Gasteiger partial charge in [0, 0.05) is 51.0 Å². The summed E-state index contributed by atoms with van der Waals surface area (Å²) >= 11 is 0. The van der Waals surface area contributed by atoms with E-state index >= 15 is 0 Å². The Balaban J connectivity index is 1.32. The lowest BCUT2D eigenvalue weighted by molar-refractivity contribution is 0.236. The van der Waals surface area contributed by atoms with Crippen LogP contribution in [0.25, 0.3) is 0 Å². The number of nitrogens with zero attached hydrogens (tertiary/aromatic N) is 2. The Bertz CT molecular complexity index is 803. The van der Waals surface area contributed by atoms with Crippen molar-refractivity contribution in [1.82, 2.24) is 15.5 Å². The number of anilines is 1. The molecule has 1 aliphatic heterocycles. The number of likely N-dealkylation sites (N-methyl/N-ethyl adjacent to an activating group) is 1. The van der Waals surface area contributed by atoms with Crippen LogP contribution in [0.2, 0.25) is 0 Å².